The molecular weight excluding hydrogens is 526 g/mol. The van der Waals surface area contributed by atoms with Crippen LogP contribution < -0.4 is 25.6 Å². The van der Waals surface area contributed by atoms with Crippen molar-refractivity contribution in [2.45, 2.75) is 32.5 Å². The molecule has 0 spiro atoms. The zero-order valence-corrected chi connectivity index (χ0v) is 23.6. The molecule has 4 N–H and O–H groups in total. The van der Waals surface area contributed by atoms with E-state index in [2.05, 4.69) is 35.7 Å². The van der Waals surface area contributed by atoms with Crippen molar-refractivity contribution in [2.75, 3.05) is 69.7 Å². The second-order valence-corrected chi connectivity index (χ2v) is 10.5. The summed E-state index contributed by atoms with van der Waals surface area (Å²) in [6, 6.07) is 7.07. The quantitative estimate of drug-likeness (QED) is 0.300. The van der Waals surface area contributed by atoms with Gasteiger partial charge in [-0.05, 0) is 45.0 Å². The van der Waals surface area contributed by atoms with E-state index in [4.69, 9.17) is 21.1 Å². The van der Waals surface area contributed by atoms with E-state index >= 15 is 0 Å². The average Bonchev–Trinajstić information content (AvgIpc) is 2.89. The largest absolute Gasteiger partial charge is 0.495 e. The number of hydrogen-bond donors (Lipinski definition) is 4. The van der Waals surface area contributed by atoms with Crippen molar-refractivity contribution in [1.82, 2.24) is 25.5 Å². The van der Waals surface area contributed by atoms with Crippen molar-refractivity contribution in [3.05, 3.63) is 41.2 Å². The molecule has 2 heterocycles. The summed E-state index contributed by atoms with van der Waals surface area (Å²) in [5, 5.41) is 19.5. The van der Waals surface area contributed by atoms with Gasteiger partial charge in [0.05, 0.1) is 18.9 Å². The average molecular weight is 564 g/mol. The van der Waals surface area contributed by atoms with Gasteiger partial charge in [0.2, 0.25) is 5.95 Å². The van der Waals surface area contributed by atoms with E-state index in [1.165, 1.54) is 12.3 Å². The zero-order valence-electron chi connectivity index (χ0n) is 22.9. The lowest BCUT2D eigenvalue weighted by Gasteiger charge is -2.37. The van der Waals surface area contributed by atoms with Crippen LogP contribution in [-0.2, 0) is 4.74 Å². The summed E-state index contributed by atoms with van der Waals surface area (Å²) in [6.07, 6.45) is 0.267. The van der Waals surface area contributed by atoms with Crippen LogP contribution in [0, 0.1) is 0 Å². The van der Waals surface area contributed by atoms with Crippen LogP contribution in [0.3, 0.4) is 0 Å². The highest BCUT2D eigenvalue weighted by Gasteiger charge is 2.22. The molecule has 2 amide bonds. The minimum atomic E-state index is -0.655. The van der Waals surface area contributed by atoms with E-state index in [1.807, 2.05) is 18.2 Å². The van der Waals surface area contributed by atoms with Crippen LogP contribution in [-0.4, -0.2) is 103 Å². The number of nitrogens with zero attached hydrogens (tertiary/aromatic N) is 4. The number of carbonyl (C=O) groups excluding carboxylic acids is 2. The highest BCUT2D eigenvalue weighted by atomic mass is 35.5. The van der Waals surface area contributed by atoms with Gasteiger partial charge in [0.15, 0.2) is 0 Å². The van der Waals surface area contributed by atoms with E-state index in [0.29, 0.717) is 11.6 Å². The molecule has 3 rings (SSSR count). The molecule has 0 radical (unpaired) electrons. The van der Waals surface area contributed by atoms with Crippen molar-refractivity contribution in [3.63, 3.8) is 0 Å². The van der Waals surface area contributed by atoms with Crippen molar-refractivity contribution in [1.29, 1.82) is 0 Å². The normalized spacial score (nSPS) is 14.9. The number of aromatic nitrogens is 2. The lowest BCUT2D eigenvalue weighted by atomic mass is 10.2. The fourth-order valence-corrected chi connectivity index (χ4v) is 4.14. The molecule has 1 unspecified atom stereocenters. The maximum atomic E-state index is 12.4. The van der Waals surface area contributed by atoms with Crippen molar-refractivity contribution in [2.24, 2.45) is 0 Å². The summed E-state index contributed by atoms with van der Waals surface area (Å²) in [5.74, 6) is 0.623. The topological polar surface area (TPSA) is 141 Å². The predicted molar refractivity (Wildman–Crippen MR) is 150 cm³/mol. The third-order valence-electron chi connectivity index (χ3n) is 5.79. The Kier molecular flexibility index (Phi) is 11.0. The summed E-state index contributed by atoms with van der Waals surface area (Å²) in [5.41, 5.74) is 0.547. The number of aliphatic hydroxyl groups is 1. The number of carbonyl (C=O) groups is 2. The van der Waals surface area contributed by atoms with Crippen molar-refractivity contribution >= 4 is 35.2 Å². The Bertz CT molecular complexity index is 1110. The third-order valence-corrected chi connectivity index (χ3v) is 6.02. The van der Waals surface area contributed by atoms with Gasteiger partial charge in [-0.25, -0.2) is 14.8 Å². The predicted octanol–water partition coefficient (Wildman–Crippen LogP) is 1.99. The number of ether oxygens (including phenoxy) is 2. The molecule has 1 atom stereocenters. The monoisotopic (exact) mass is 563 g/mol. The molecule has 214 valence electrons. The van der Waals surface area contributed by atoms with Gasteiger partial charge in [-0.15, -0.1) is 0 Å². The smallest absolute Gasteiger partial charge is 0.407 e. The van der Waals surface area contributed by atoms with Gasteiger partial charge in [-0.2, -0.15) is 0 Å². The maximum Gasteiger partial charge on any atom is 0.407 e. The summed E-state index contributed by atoms with van der Waals surface area (Å²) < 4.78 is 10.6. The lowest BCUT2D eigenvalue weighted by Crippen LogP contribution is -2.49. The molecular formula is C26H38ClN7O5. The van der Waals surface area contributed by atoms with Gasteiger partial charge in [-0.3, -0.25) is 9.69 Å². The first-order valence-electron chi connectivity index (χ1n) is 12.8. The second kappa shape index (κ2) is 14.2. The number of rotatable bonds is 11. The molecule has 13 heteroatoms. The standard InChI is InChI=1S/C26H38ClN7O5/c1-26(2,3)39-25(37)30-10-9-28-23(36)20-7-8-29-24(32-20)31-16-19(35)17-33-11-13-34(14-12-33)21-15-18(27)5-6-22(21)38-4/h5-8,15,19,35H,9-14,16-17H2,1-4H3,(H,28,36)(H,30,37)(H,29,31,32). The van der Waals surface area contributed by atoms with E-state index in [1.54, 1.807) is 27.9 Å². The molecule has 1 fully saturated rings. The second-order valence-electron chi connectivity index (χ2n) is 10.1. The number of β-amino-alcohol motifs (C(OH)–C–C–N with tert-alkyl or cyclic N) is 1. The molecule has 39 heavy (non-hydrogen) atoms. The first-order valence-corrected chi connectivity index (χ1v) is 13.2. The highest BCUT2D eigenvalue weighted by Crippen LogP contribution is 2.31. The number of nitrogens with one attached hydrogen (secondary N) is 3. The van der Waals surface area contributed by atoms with Crippen LogP contribution in [0.5, 0.6) is 5.75 Å². The van der Waals surface area contributed by atoms with Crippen LogP contribution in [0.2, 0.25) is 5.02 Å². The molecule has 1 aromatic carbocycles. The molecule has 0 saturated carbocycles. The van der Waals surface area contributed by atoms with Crippen LogP contribution in [0.4, 0.5) is 16.4 Å². The van der Waals surface area contributed by atoms with Crippen LogP contribution in [0.15, 0.2) is 30.5 Å². The number of alkyl carbamates (subject to hydrolysis) is 1. The fraction of sp³-hybridized carbons (Fsp3) is 0.538. The van der Waals surface area contributed by atoms with Gasteiger partial charge in [0.25, 0.3) is 5.91 Å². The fourth-order valence-electron chi connectivity index (χ4n) is 3.97. The summed E-state index contributed by atoms with van der Waals surface area (Å²) in [6.45, 7) is 9.58. The summed E-state index contributed by atoms with van der Waals surface area (Å²) in [4.78, 5) is 36.8. The number of hydrogen-bond acceptors (Lipinski definition) is 10. The van der Waals surface area contributed by atoms with Crippen LogP contribution in [0.25, 0.3) is 0 Å². The molecule has 12 nitrogen and oxygen atoms in total. The minimum Gasteiger partial charge on any atom is -0.495 e. The Balaban J connectivity index is 1.38. The zero-order chi connectivity index (χ0) is 28.4. The molecule has 2 aromatic rings. The molecule has 0 aliphatic carbocycles. The Morgan fingerprint density at radius 3 is 2.54 bits per heavy atom. The minimum absolute atomic E-state index is 0.173. The number of methoxy groups -OCH3 is 1. The Morgan fingerprint density at radius 1 is 1.13 bits per heavy atom. The van der Waals surface area contributed by atoms with Crippen LogP contribution >= 0.6 is 11.6 Å². The summed E-state index contributed by atoms with van der Waals surface area (Å²) >= 11 is 6.18. The number of aliphatic hydroxyl groups excluding tert-OH is 1. The third kappa shape index (κ3) is 10.0. The number of halogens is 1. The Morgan fingerprint density at radius 2 is 1.85 bits per heavy atom. The molecule has 1 saturated heterocycles. The molecule has 1 aliphatic heterocycles. The van der Waals surface area contributed by atoms with E-state index in [9.17, 15) is 14.7 Å². The van der Waals surface area contributed by atoms with E-state index in [0.717, 1.165) is 37.6 Å². The molecule has 1 aliphatic rings. The maximum absolute atomic E-state index is 12.4. The highest BCUT2D eigenvalue weighted by molar-refractivity contribution is 6.30. The van der Waals surface area contributed by atoms with Gasteiger partial charge < -0.3 is 35.4 Å². The Labute approximate surface area is 234 Å². The molecule has 0 bridgehead atoms. The number of piperazine rings is 1. The lowest BCUT2D eigenvalue weighted by molar-refractivity contribution is 0.0526. The molecule has 1 aromatic heterocycles. The first kappa shape index (κ1) is 30.2. The Hall–Kier alpha value is -3.35. The van der Waals surface area contributed by atoms with E-state index < -0.39 is 23.7 Å². The van der Waals surface area contributed by atoms with Crippen LogP contribution in [0.1, 0.15) is 31.3 Å². The number of anilines is 2. The van der Waals surface area contributed by atoms with Gasteiger partial charge in [0.1, 0.15) is 17.0 Å². The van der Waals surface area contributed by atoms with Gasteiger partial charge in [-0.1, -0.05) is 11.6 Å². The van der Waals surface area contributed by atoms with Gasteiger partial charge >= 0.3 is 6.09 Å². The van der Waals surface area contributed by atoms with E-state index in [-0.39, 0.29) is 31.3 Å². The van der Waals surface area contributed by atoms with Crippen molar-refractivity contribution in [3.8, 4) is 5.75 Å². The number of benzene rings is 1. The summed E-state index contributed by atoms with van der Waals surface area (Å²) in [7, 11) is 1.64. The van der Waals surface area contributed by atoms with Gasteiger partial charge in [0, 0.05) is 63.6 Å². The SMILES string of the molecule is COc1ccc(Cl)cc1N1CCN(CC(O)CNc2nccc(C(=O)NCCNC(=O)OC(C)(C)C)n2)CC1. The number of amides is 2. The first-order chi connectivity index (χ1) is 18.5. The van der Waals surface area contributed by atoms with Crippen molar-refractivity contribution < 1.29 is 24.2 Å².